The zero-order chi connectivity index (χ0) is 21.0. The lowest BCUT2D eigenvalue weighted by Gasteiger charge is -2.14. The summed E-state index contributed by atoms with van der Waals surface area (Å²) in [4.78, 5) is 12.3. The molecule has 0 unspecified atom stereocenters. The molecule has 3 rings (SSSR count). The normalized spacial score (nSPS) is 11.3. The number of para-hydroxylation sites is 1. The summed E-state index contributed by atoms with van der Waals surface area (Å²) in [6, 6.07) is 12.2. The van der Waals surface area contributed by atoms with Crippen molar-refractivity contribution >= 4 is 49.7 Å². The molecule has 29 heavy (non-hydrogen) atoms. The fraction of sp³-hybridized carbons (Fsp3) is 0.211. The molecule has 2 N–H and O–H groups in total. The van der Waals surface area contributed by atoms with E-state index in [2.05, 4.69) is 20.2 Å². The number of hydrogen-bond donors (Lipinski definition) is 2. The van der Waals surface area contributed by atoms with Gasteiger partial charge in [0.05, 0.1) is 16.3 Å². The Kier molecular flexibility index (Phi) is 6.51. The average Bonchev–Trinajstić information content (AvgIpc) is 3.17. The van der Waals surface area contributed by atoms with Crippen LogP contribution >= 0.6 is 22.9 Å². The van der Waals surface area contributed by atoms with Crippen LogP contribution in [-0.4, -0.2) is 24.5 Å². The Morgan fingerprint density at radius 1 is 1.03 bits per heavy atom. The van der Waals surface area contributed by atoms with Gasteiger partial charge in [-0.25, -0.2) is 0 Å². The van der Waals surface area contributed by atoms with E-state index in [0.29, 0.717) is 18.5 Å². The van der Waals surface area contributed by atoms with Crippen molar-refractivity contribution in [2.24, 2.45) is 0 Å². The number of carbonyl (C=O) groups is 1. The highest BCUT2D eigenvalue weighted by atomic mass is 35.5. The maximum Gasteiger partial charge on any atom is 0.291 e. The Morgan fingerprint density at radius 3 is 2.31 bits per heavy atom. The standard InChI is InChI=1S/C19H19ClN4O3S2/c1-3-12-8-7-9-13(4-2)16(12)24-29(26,27)19-23-22-18(28-19)21-17(25)14-10-5-6-11-15(14)20/h5-11,24H,3-4H2,1-2H3,(H,21,22,25). The molecule has 1 heterocycles. The molecule has 10 heteroatoms. The smallest absolute Gasteiger partial charge is 0.291 e. The SMILES string of the molecule is CCc1cccc(CC)c1NS(=O)(=O)c1nnc(NC(=O)c2ccccc2Cl)s1. The summed E-state index contributed by atoms with van der Waals surface area (Å²) >= 11 is 6.78. The number of rotatable bonds is 7. The van der Waals surface area contributed by atoms with Crippen LogP contribution in [0.4, 0.5) is 10.8 Å². The highest BCUT2D eigenvalue weighted by Gasteiger charge is 2.23. The van der Waals surface area contributed by atoms with Gasteiger partial charge in [0.25, 0.3) is 20.3 Å². The van der Waals surface area contributed by atoms with Crippen molar-refractivity contribution in [3.8, 4) is 0 Å². The molecule has 0 saturated carbocycles. The highest BCUT2D eigenvalue weighted by molar-refractivity contribution is 7.94. The summed E-state index contributed by atoms with van der Waals surface area (Å²) in [5, 5.41) is 10.4. The van der Waals surface area contributed by atoms with Crippen LogP contribution in [0.25, 0.3) is 0 Å². The number of hydrogen-bond acceptors (Lipinski definition) is 6. The van der Waals surface area contributed by atoms with Crippen LogP contribution in [0.3, 0.4) is 0 Å². The number of sulfonamides is 1. The highest BCUT2D eigenvalue weighted by Crippen LogP contribution is 2.28. The van der Waals surface area contributed by atoms with E-state index >= 15 is 0 Å². The van der Waals surface area contributed by atoms with Crippen molar-refractivity contribution in [2.75, 3.05) is 10.0 Å². The number of amides is 1. The molecule has 0 aliphatic heterocycles. The fourth-order valence-electron chi connectivity index (χ4n) is 2.73. The van der Waals surface area contributed by atoms with Crippen molar-refractivity contribution < 1.29 is 13.2 Å². The Labute approximate surface area is 178 Å². The van der Waals surface area contributed by atoms with E-state index in [0.717, 1.165) is 22.5 Å². The van der Waals surface area contributed by atoms with Crippen LogP contribution in [0.1, 0.15) is 35.3 Å². The van der Waals surface area contributed by atoms with E-state index in [1.165, 1.54) is 0 Å². The lowest BCUT2D eigenvalue weighted by atomic mass is 10.0. The van der Waals surface area contributed by atoms with Gasteiger partial charge in [-0.3, -0.25) is 14.8 Å². The van der Waals surface area contributed by atoms with Crippen LogP contribution in [0.15, 0.2) is 46.8 Å². The lowest BCUT2D eigenvalue weighted by Crippen LogP contribution is -2.15. The van der Waals surface area contributed by atoms with E-state index in [-0.39, 0.29) is 20.1 Å². The lowest BCUT2D eigenvalue weighted by molar-refractivity contribution is 0.102. The summed E-state index contributed by atoms with van der Waals surface area (Å²) in [5.41, 5.74) is 2.61. The third kappa shape index (κ3) is 4.75. The molecule has 3 aromatic rings. The monoisotopic (exact) mass is 450 g/mol. The van der Waals surface area contributed by atoms with E-state index in [4.69, 9.17) is 11.6 Å². The molecule has 1 amide bonds. The maximum absolute atomic E-state index is 12.8. The van der Waals surface area contributed by atoms with Crippen molar-refractivity contribution in [3.05, 3.63) is 64.2 Å². The minimum Gasteiger partial charge on any atom is -0.296 e. The fourth-order valence-corrected chi connectivity index (χ4v) is 4.99. The van der Waals surface area contributed by atoms with Gasteiger partial charge in [-0.2, -0.15) is 8.42 Å². The quantitative estimate of drug-likeness (QED) is 0.520. The molecular weight excluding hydrogens is 432 g/mol. The van der Waals surface area contributed by atoms with Gasteiger partial charge >= 0.3 is 0 Å². The second-order valence-corrected chi connectivity index (χ2v) is 9.31. The molecule has 7 nitrogen and oxygen atoms in total. The molecular formula is C19H19ClN4O3S2. The number of aromatic nitrogens is 2. The summed E-state index contributed by atoms with van der Waals surface area (Å²) in [6.07, 6.45) is 1.36. The van der Waals surface area contributed by atoms with Crippen molar-refractivity contribution in [3.63, 3.8) is 0 Å². The van der Waals surface area contributed by atoms with Crippen molar-refractivity contribution in [2.45, 2.75) is 31.0 Å². The number of halogens is 1. The average molecular weight is 451 g/mol. The number of carbonyl (C=O) groups excluding carboxylic acids is 1. The zero-order valence-corrected chi connectivity index (χ0v) is 18.2. The number of nitrogens with zero attached hydrogens (tertiary/aromatic N) is 2. The van der Waals surface area contributed by atoms with Crippen molar-refractivity contribution in [1.82, 2.24) is 10.2 Å². The predicted molar refractivity (Wildman–Crippen MR) is 115 cm³/mol. The van der Waals surface area contributed by atoms with Crippen molar-refractivity contribution in [1.29, 1.82) is 0 Å². The number of benzene rings is 2. The Hall–Kier alpha value is -2.49. The van der Waals surface area contributed by atoms with Gasteiger partial charge in [-0.05, 0) is 36.1 Å². The molecule has 0 bridgehead atoms. The summed E-state index contributed by atoms with van der Waals surface area (Å²) in [6.45, 7) is 3.92. The predicted octanol–water partition coefficient (Wildman–Crippen LogP) is 4.37. The van der Waals surface area contributed by atoms with Gasteiger partial charge in [-0.1, -0.05) is 67.1 Å². The van der Waals surface area contributed by atoms with Gasteiger partial charge < -0.3 is 0 Å². The van der Waals surface area contributed by atoms with Crippen LogP contribution in [0.2, 0.25) is 5.02 Å². The van der Waals surface area contributed by atoms with Gasteiger partial charge in [0.1, 0.15) is 0 Å². The van der Waals surface area contributed by atoms with Gasteiger partial charge in [0.2, 0.25) is 5.13 Å². The molecule has 0 spiro atoms. The number of aryl methyl sites for hydroxylation is 2. The van der Waals surface area contributed by atoms with Gasteiger partial charge in [-0.15, -0.1) is 10.2 Å². The van der Waals surface area contributed by atoms with Crippen LogP contribution in [-0.2, 0) is 22.9 Å². The van der Waals surface area contributed by atoms with E-state index in [9.17, 15) is 13.2 Å². The molecule has 1 aromatic heterocycles. The summed E-state index contributed by atoms with van der Waals surface area (Å²) in [7, 11) is -3.95. The second kappa shape index (κ2) is 8.89. The number of nitrogens with one attached hydrogen (secondary N) is 2. The van der Waals surface area contributed by atoms with E-state index in [1.807, 2.05) is 32.0 Å². The molecule has 152 valence electrons. The van der Waals surface area contributed by atoms with Gasteiger partial charge in [0, 0.05) is 0 Å². The summed E-state index contributed by atoms with van der Waals surface area (Å²) in [5.74, 6) is -0.492. The Morgan fingerprint density at radius 2 is 1.69 bits per heavy atom. The third-order valence-corrected chi connectivity index (χ3v) is 7.10. The van der Waals surface area contributed by atoms with Gasteiger partial charge in [0.15, 0.2) is 0 Å². The van der Waals surface area contributed by atoms with Crippen LogP contribution < -0.4 is 10.0 Å². The minimum absolute atomic E-state index is 0.0646. The molecule has 0 atom stereocenters. The zero-order valence-electron chi connectivity index (χ0n) is 15.8. The molecule has 0 fully saturated rings. The van der Waals surface area contributed by atoms with E-state index < -0.39 is 15.9 Å². The molecule has 0 aliphatic carbocycles. The van der Waals surface area contributed by atoms with Crippen LogP contribution in [0, 0.1) is 0 Å². The maximum atomic E-state index is 12.8. The largest absolute Gasteiger partial charge is 0.296 e. The summed E-state index contributed by atoms with van der Waals surface area (Å²) < 4.78 is 28.0. The third-order valence-electron chi connectivity index (χ3n) is 4.21. The van der Waals surface area contributed by atoms with E-state index in [1.54, 1.807) is 24.3 Å². The first kappa shape index (κ1) is 21.2. The first-order chi connectivity index (χ1) is 13.9. The van der Waals surface area contributed by atoms with Crippen LogP contribution in [0.5, 0.6) is 0 Å². The molecule has 0 aliphatic rings. The first-order valence-electron chi connectivity index (χ1n) is 8.88. The number of anilines is 2. The first-order valence-corrected chi connectivity index (χ1v) is 11.6. The molecule has 0 radical (unpaired) electrons. The second-order valence-electron chi connectivity index (χ2n) is 6.07. The molecule has 0 saturated heterocycles. The minimum atomic E-state index is -3.95. The molecule has 2 aromatic carbocycles. The Balaban J connectivity index is 1.83. The topological polar surface area (TPSA) is 101 Å². The Bertz CT molecular complexity index is 1120.